The minimum atomic E-state index is -3.42. The fourth-order valence-electron chi connectivity index (χ4n) is 4.97. The number of nitrogens with one attached hydrogen (secondary N) is 1. The van der Waals surface area contributed by atoms with Crippen molar-refractivity contribution in [2.24, 2.45) is 0 Å². The number of rotatable bonds is 2. The average Bonchev–Trinajstić information content (AvgIpc) is 2.79. The molecule has 36 heavy (non-hydrogen) atoms. The maximum atomic E-state index is 12.7. The molecule has 0 aliphatic carbocycles. The van der Waals surface area contributed by atoms with Gasteiger partial charge in [0.1, 0.15) is 0 Å². The first-order valence-electron chi connectivity index (χ1n) is 12.5. The van der Waals surface area contributed by atoms with Crippen LogP contribution in [0.4, 0.5) is 4.79 Å². The lowest BCUT2D eigenvalue weighted by molar-refractivity contribution is 0.193. The highest BCUT2D eigenvalue weighted by atomic mass is 32.2. The molecule has 2 aromatic heterocycles. The van der Waals surface area contributed by atoms with E-state index in [1.165, 1.54) is 6.26 Å². The van der Waals surface area contributed by atoms with Crippen LogP contribution in [0.3, 0.4) is 0 Å². The summed E-state index contributed by atoms with van der Waals surface area (Å²) in [4.78, 5) is 24.5. The monoisotopic (exact) mass is 513 g/mol. The molecule has 8 nitrogen and oxygen atoms in total. The Morgan fingerprint density at radius 1 is 1.03 bits per heavy atom. The zero-order valence-corrected chi connectivity index (χ0v) is 23.6. The fraction of sp³-hybridized carbons (Fsp3) is 0.593. The van der Waals surface area contributed by atoms with Crippen LogP contribution < -0.4 is 5.32 Å². The van der Waals surface area contributed by atoms with Crippen molar-refractivity contribution in [3.63, 3.8) is 0 Å². The molecule has 0 radical (unpaired) electrons. The number of aromatic nitrogens is 2. The number of fused-ring (bicyclic) bond motifs is 2. The van der Waals surface area contributed by atoms with E-state index < -0.39 is 10.0 Å². The van der Waals surface area contributed by atoms with Crippen LogP contribution in [0.25, 0.3) is 0 Å². The molecule has 1 N–H and O–H groups in total. The van der Waals surface area contributed by atoms with E-state index in [0.717, 1.165) is 39.5 Å². The zero-order valence-electron chi connectivity index (χ0n) is 22.8. The molecule has 0 fully saturated rings. The molecule has 0 spiro atoms. The summed E-state index contributed by atoms with van der Waals surface area (Å²) in [6.07, 6.45) is 1.92. The molecular formula is C27H39N5O3S. The molecule has 0 saturated carbocycles. The van der Waals surface area contributed by atoms with Gasteiger partial charge in [0.15, 0.2) is 0 Å². The number of carbonyl (C=O) groups excluding carboxylic acids is 1. The molecule has 9 heteroatoms. The third kappa shape index (κ3) is 5.13. The Morgan fingerprint density at radius 3 is 2.28 bits per heavy atom. The second-order valence-corrected chi connectivity index (χ2v) is 14.1. The highest BCUT2D eigenvalue weighted by molar-refractivity contribution is 7.88. The summed E-state index contributed by atoms with van der Waals surface area (Å²) in [5.41, 5.74) is 6.48. The van der Waals surface area contributed by atoms with Crippen LogP contribution in [0.5, 0.6) is 0 Å². The summed E-state index contributed by atoms with van der Waals surface area (Å²) >= 11 is 0. The first-order chi connectivity index (χ1) is 16.6. The lowest BCUT2D eigenvalue weighted by Gasteiger charge is -2.37. The maximum Gasteiger partial charge on any atom is 0.317 e. The van der Waals surface area contributed by atoms with Gasteiger partial charge in [0.25, 0.3) is 0 Å². The number of urea groups is 1. The van der Waals surface area contributed by atoms with Gasteiger partial charge in [-0.2, -0.15) is 4.31 Å². The van der Waals surface area contributed by atoms with E-state index in [1.54, 1.807) is 16.3 Å². The van der Waals surface area contributed by atoms with Gasteiger partial charge in [0.2, 0.25) is 10.0 Å². The van der Waals surface area contributed by atoms with Gasteiger partial charge in [-0.1, -0.05) is 47.6 Å². The number of carbonyl (C=O) groups is 1. The smallest absolute Gasteiger partial charge is 0.317 e. The quantitative estimate of drug-likeness (QED) is 0.661. The molecular weight excluding hydrogens is 474 g/mol. The van der Waals surface area contributed by atoms with Crippen LogP contribution in [0.15, 0.2) is 18.2 Å². The van der Waals surface area contributed by atoms with Crippen molar-refractivity contribution >= 4 is 16.1 Å². The van der Waals surface area contributed by atoms with E-state index in [-0.39, 0.29) is 22.8 Å². The normalized spacial score (nSPS) is 19.0. The minimum Gasteiger partial charge on any atom is -0.341 e. The summed E-state index contributed by atoms with van der Waals surface area (Å²) in [7, 11) is -1.78. The Morgan fingerprint density at radius 2 is 1.69 bits per heavy atom. The molecule has 2 amide bonds. The van der Waals surface area contributed by atoms with E-state index >= 15 is 0 Å². The van der Waals surface area contributed by atoms with Crippen LogP contribution in [0, 0.1) is 0 Å². The topological polar surface area (TPSA) is 95.5 Å². The van der Waals surface area contributed by atoms with Crippen molar-refractivity contribution in [1.82, 2.24) is 24.5 Å². The SMILES string of the molecule is CNC(=O)N1CCc2nc(C(C)(C)C)cc(C3CN(S(C)(=O)=O)Cc4ccc(C(C)(C)C)nc43)c2C1. The van der Waals surface area contributed by atoms with Gasteiger partial charge in [0.05, 0.1) is 11.9 Å². The standard InChI is InChI=1S/C27H39N5O3S/c1-26(2,3)22-10-9-17-14-32(36(8,34)35)16-20(24(17)30-22)18-13-23(27(4,5)6)29-21-11-12-31(15-19(18)21)25(33)28-7/h9-10,13,20H,11-12,14-16H2,1-8H3,(H,28,33). The number of hydrogen-bond acceptors (Lipinski definition) is 5. The van der Waals surface area contributed by atoms with Crippen molar-refractivity contribution in [3.05, 3.63) is 57.7 Å². The van der Waals surface area contributed by atoms with Crippen LogP contribution in [0.2, 0.25) is 0 Å². The fourth-order valence-corrected chi connectivity index (χ4v) is 5.77. The largest absolute Gasteiger partial charge is 0.341 e. The highest BCUT2D eigenvalue weighted by Crippen LogP contribution is 2.39. The minimum absolute atomic E-state index is 0.124. The van der Waals surface area contributed by atoms with Gasteiger partial charge in [0, 0.05) is 73.5 Å². The Kier molecular flexibility index (Phi) is 6.71. The number of pyridine rings is 2. The maximum absolute atomic E-state index is 12.7. The van der Waals surface area contributed by atoms with Crippen LogP contribution in [0.1, 0.15) is 86.9 Å². The summed E-state index contributed by atoms with van der Waals surface area (Å²) in [5, 5.41) is 2.73. The van der Waals surface area contributed by atoms with Gasteiger partial charge in [-0.05, 0) is 28.8 Å². The van der Waals surface area contributed by atoms with Gasteiger partial charge in [-0.25, -0.2) is 13.2 Å². The number of nitrogens with zero attached hydrogens (tertiary/aromatic N) is 4. The lowest BCUT2D eigenvalue weighted by atomic mass is 9.81. The molecule has 1 atom stereocenters. The molecule has 196 valence electrons. The molecule has 0 bridgehead atoms. The molecule has 4 heterocycles. The van der Waals surface area contributed by atoms with E-state index in [4.69, 9.17) is 9.97 Å². The van der Waals surface area contributed by atoms with Crippen molar-refractivity contribution in [3.8, 4) is 0 Å². The third-order valence-electron chi connectivity index (χ3n) is 7.17. The highest BCUT2D eigenvalue weighted by Gasteiger charge is 2.37. The van der Waals surface area contributed by atoms with E-state index in [2.05, 4.69) is 52.9 Å². The van der Waals surface area contributed by atoms with E-state index in [1.807, 2.05) is 12.1 Å². The van der Waals surface area contributed by atoms with Gasteiger partial charge < -0.3 is 10.2 Å². The van der Waals surface area contributed by atoms with Gasteiger partial charge >= 0.3 is 6.03 Å². The van der Waals surface area contributed by atoms with Crippen LogP contribution >= 0.6 is 0 Å². The second kappa shape index (κ2) is 9.10. The van der Waals surface area contributed by atoms with Gasteiger partial charge in [-0.15, -0.1) is 0 Å². The first-order valence-corrected chi connectivity index (χ1v) is 14.4. The molecule has 0 aromatic carbocycles. The molecule has 4 rings (SSSR count). The molecule has 1 unspecified atom stereocenters. The molecule has 2 aliphatic heterocycles. The third-order valence-corrected chi connectivity index (χ3v) is 8.39. The Balaban J connectivity index is 1.96. The number of amides is 2. The summed E-state index contributed by atoms with van der Waals surface area (Å²) in [6.45, 7) is 14.5. The van der Waals surface area contributed by atoms with Gasteiger partial charge in [-0.3, -0.25) is 9.97 Å². The van der Waals surface area contributed by atoms with Crippen LogP contribution in [-0.2, 0) is 40.4 Å². The summed E-state index contributed by atoms with van der Waals surface area (Å²) in [5.74, 6) is -0.256. The predicted molar refractivity (Wildman–Crippen MR) is 142 cm³/mol. The molecule has 0 saturated heterocycles. The molecule has 2 aliphatic rings. The first kappa shape index (κ1) is 26.5. The van der Waals surface area contributed by atoms with Crippen molar-refractivity contribution in [1.29, 1.82) is 0 Å². The van der Waals surface area contributed by atoms with Crippen molar-refractivity contribution < 1.29 is 13.2 Å². The predicted octanol–water partition coefficient (Wildman–Crippen LogP) is 3.68. The summed E-state index contributed by atoms with van der Waals surface area (Å²) in [6, 6.07) is 6.04. The number of sulfonamides is 1. The average molecular weight is 514 g/mol. The van der Waals surface area contributed by atoms with Crippen LogP contribution in [-0.4, -0.2) is 60.0 Å². The zero-order chi connectivity index (χ0) is 26.6. The lowest BCUT2D eigenvalue weighted by Crippen LogP contribution is -2.43. The van der Waals surface area contributed by atoms with Crippen molar-refractivity contribution in [2.45, 2.75) is 77.8 Å². The Hall–Kier alpha value is -2.52. The van der Waals surface area contributed by atoms with E-state index in [0.29, 0.717) is 32.6 Å². The van der Waals surface area contributed by atoms with Crippen molar-refractivity contribution in [2.75, 3.05) is 26.4 Å². The van der Waals surface area contributed by atoms with E-state index in [9.17, 15) is 13.2 Å². The second-order valence-electron chi connectivity index (χ2n) is 12.1. The Labute approximate surface area is 215 Å². The number of hydrogen-bond donors (Lipinski definition) is 1. The summed E-state index contributed by atoms with van der Waals surface area (Å²) < 4.78 is 27.0. The molecule has 2 aromatic rings. The Bertz CT molecular complexity index is 1290.